The molecule has 0 fully saturated rings. The number of benzene rings is 2. The van der Waals surface area contributed by atoms with Gasteiger partial charge in [-0.2, -0.15) is 0 Å². The summed E-state index contributed by atoms with van der Waals surface area (Å²) in [7, 11) is 6.24. The lowest BCUT2D eigenvalue weighted by Gasteiger charge is -2.15. The first kappa shape index (κ1) is 19.2. The Morgan fingerprint density at radius 1 is 0.885 bits per heavy atom. The average molecular weight is 357 g/mol. The fourth-order valence-corrected chi connectivity index (χ4v) is 2.51. The van der Waals surface area contributed by atoms with Crippen molar-refractivity contribution >= 4 is 12.0 Å². The molecule has 0 spiro atoms. The fourth-order valence-electron chi connectivity index (χ4n) is 2.51. The minimum absolute atomic E-state index is 0.229. The van der Waals surface area contributed by atoms with Crippen molar-refractivity contribution in [3.63, 3.8) is 0 Å². The molecule has 1 amide bonds. The van der Waals surface area contributed by atoms with Crippen molar-refractivity contribution in [1.82, 2.24) is 5.32 Å². The predicted molar refractivity (Wildman–Crippen MR) is 100.0 cm³/mol. The van der Waals surface area contributed by atoms with E-state index in [1.165, 1.54) is 6.08 Å². The Morgan fingerprint density at radius 3 is 2.23 bits per heavy atom. The van der Waals surface area contributed by atoms with Crippen LogP contribution in [-0.4, -0.2) is 34.3 Å². The van der Waals surface area contributed by atoms with E-state index < -0.39 is 0 Å². The van der Waals surface area contributed by atoms with Crippen LogP contribution in [0.4, 0.5) is 0 Å². The number of methoxy groups -OCH3 is 4. The summed E-state index contributed by atoms with van der Waals surface area (Å²) in [5, 5.41) is 2.83. The van der Waals surface area contributed by atoms with Gasteiger partial charge >= 0.3 is 0 Å². The van der Waals surface area contributed by atoms with Crippen molar-refractivity contribution in [3.8, 4) is 23.0 Å². The number of nitrogens with one attached hydrogen (secondary N) is 1. The number of rotatable bonds is 8. The molecule has 0 bridgehead atoms. The lowest BCUT2D eigenvalue weighted by molar-refractivity contribution is -0.116. The van der Waals surface area contributed by atoms with Crippen LogP contribution >= 0.6 is 0 Å². The molecule has 2 aromatic carbocycles. The molecule has 0 atom stereocenters. The quantitative estimate of drug-likeness (QED) is 0.736. The van der Waals surface area contributed by atoms with E-state index in [1.54, 1.807) is 40.6 Å². The molecule has 6 nitrogen and oxygen atoms in total. The minimum Gasteiger partial charge on any atom is -0.496 e. The minimum atomic E-state index is -0.229. The molecule has 2 aromatic rings. The molecule has 0 saturated heterocycles. The summed E-state index contributed by atoms with van der Waals surface area (Å²) in [6, 6.07) is 11.1. The number of hydrogen-bond donors (Lipinski definition) is 1. The second kappa shape index (κ2) is 9.36. The molecule has 0 heterocycles. The van der Waals surface area contributed by atoms with Gasteiger partial charge in [0.15, 0.2) is 11.5 Å². The third-order valence-electron chi connectivity index (χ3n) is 3.79. The number of para-hydroxylation sites is 1. The Kier molecular flexibility index (Phi) is 6.91. The number of carbonyl (C=O) groups is 1. The number of carbonyl (C=O) groups excluding carboxylic acids is 1. The van der Waals surface area contributed by atoms with Crippen molar-refractivity contribution in [2.45, 2.75) is 6.54 Å². The zero-order valence-corrected chi connectivity index (χ0v) is 15.4. The number of amides is 1. The van der Waals surface area contributed by atoms with Crippen molar-refractivity contribution in [3.05, 3.63) is 53.6 Å². The second-order valence-corrected chi connectivity index (χ2v) is 5.29. The molecule has 26 heavy (non-hydrogen) atoms. The summed E-state index contributed by atoms with van der Waals surface area (Å²) >= 11 is 0. The molecule has 138 valence electrons. The lowest BCUT2D eigenvalue weighted by Crippen LogP contribution is -2.20. The molecule has 0 saturated carbocycles. The number of hydrogen-bond acceptors (Lipinski definition) is 5. The Morgan fingerprint density at radius 2 is 1.58 bits per heavy atom. The maximum absolute atomic E-state index is 12.1. The van der Waals surface area contributed by atoms with E-state index in [4.69, 9.17) is 18.9 Å². The summed E-state index contributed by atoms with van der Waals surface area (Å²) in [6.45, 7) is 0.290. The van der Waals surface area contributed by atoms with E-state index in [-0.39, 0.29) is 5.91 Å². The molecule has 6 heteroatoms. The van der Waals surface area contributed by atoms with Crippen LogP contribution in [0.1, 0.15) is 11.1 Å². The first-order chi connectivity index (χ1) is 12.6. The van der Waals surface area contributed by atoms with Crippen molar-refractivity contribution < 1.29 is 23.7 Å². The summed E-state index contributed by atoms with van der Waals surface area (Å²) in [6.07, 6.45) is 3.17. The SMILES string of the molecule is COc1ccccc1/C=C/C(=O)NCc1ccc(OC)c(OC)c1OC. The Labute approximate surface area is 153 Å². The molecule has 0 unspecified atom stereocenters. The van der Waals surface area contributed by atoms with Crippen molar-refractivity contribution in [1.29, 1.82) is 0 Å². The van der Waals surface area contributed by atoms with Gasteiger partial charge in [0, 0.05) is 23.7 Å². The van der Waals surface area contributed by atoms with Gasteiger partial charge in [0.2, 0.25) is 11.7 Å². The lowest BCUT2D eigenvalue weighted by atomic mass is 10.1. The maximum atomic E-state index is 12.1. The Bertz CT molecular complexity index is 786. The van der Waals surface area contributed by atoms with Crippen molar-refractivity contribution in [2.24, 2.45) is 0 Å². The van der Waals surface area contributed by atoms with Gasteiger partial charge in [0.25, 0.3) is 0 Å². The summed E-state index contributed by atoms with van der Waals surface area (Å²) in [5.74, 6) is 2.06. The van der Waals surface area contributed by atoms with Crippen LogP contribution in [0.25, 0.3) is 6.08 Å². The second-order valence-electron chi connectivity index (χ2n) is 5.29. The normalized spacial score (nSPS) is 10.5. The van der Waals surface area contributed by atoms with Crippen molar-refractivity contribution in [2.75, 3.05) is 28.4 Å². The average Bonchev–Trinajstić information content (AvgIpc) is 2.69. The largest absolute Gasteiger partial charge is 0.496 e. The highest BCUT2D eigenvalue weighted by Crippen LogP contribution is 2.39. The van der Waals surface area contributed by atoms with Crippen LogP contribution < -0.4 is 24.3 Å². The molecule has 0 aliphatic heterocycles. The van der Waals surface area contributed by atoms with E-state index in [1.807, 2.05) is 30.3 Å². The van der Waals surface area contributed by atoms with Gasteiger partial charge in [-0.25, -0.2) is 0 Å². The molecule has 0 radical (unpaired) electrons. The number of ether oxygens (including phenoxy) is 4. The molecular weight excluding hydrogens is 334 g/mol. The highest BCUT2D eigenvalue weighted by Gasteiger charge is 2.15. The molecule has 0 aliphatic rings. The summed E-state index contributed by atoms with van der Waals surface area (Å²) in [5.41, 5.74) is 1.61. The Hall–Kier alpha value is -3.15. The molecule has 2 rings (SSSR count). The highest BCUT2D eigenvalue weighted by atomic mass is 16.5. The first-order valence-corrected chi connectivity index (χ1v) is 8.01. The third-order valence-corrected chi connectivity index (χ3v) is 3.79. The van der Waals surface area contributed by atoms with E-state index >= 15 is 0 Å². The molecular formula is C20H23NO5. The van der Waals surface area contributed by atoms with Gasteiger partial charge in [0.05, 0.1) is 28.4 Å². The van der Waals surface area contributed by atoms with E-state index in [0.29, 0.717) is 29.5 Å². The third kappa shape index (κ3) is 4.47. The van der Waals surface area contributed by atoms with Gasteiger partial charge in [-0.1, -0.05) is 18.2 Å². The van der Waals surface area contributed by atoms with Gasteiger partial charge in [-0.3, -0.25) is 4.79 Å². The zero-order chi connectivity index (χ0) is 18.9. The molecule has 0 aliphatic carbocycles. The van der Waals surface area contributed by atoms with E-state index in [2.05, 4.69) is 5.32 Å². The van der Waals surface area contributed by atoms with Gasteiger partial charge in [0.1, 0.15) is 5.75 Å². The maximum Gasteiger partial charge on any atom is 0.244 e. The summed E-state index contributed by atoms with van der Waals surface area (Å²) < 4.78 is 21.3. The highest BCUT2D eigenvalue weighted by molar-refractivity contribution is 5.92. The van der Waals surface area contributed by atoms with Gasteiger partial charge < -0.3 is 24.3 Å². The van der Waals surface area contributed by atoms with Crippen LogP contribution in [0.5, 0.6) is 23.0 Å². The molecule has 1 N–H and O–H groups in total. The standard InChI is InChI=1S/C20H23NO5/c1-23-16-8-6-5-7-14(16)10-12-18(22)21-13-15-9-11-17(24-2)20(26-4)19(15)25-3/h5-12H,13H2,1-4H3,(H,21,22)/b12-10+. The summed E-state index contributed by atoms with van der Waals surface area (Å²) in [4.78, 5) is 12.1. The fraction of sp³-hybridized carbons (Fsp3) is 0.250. The van der Waals surface area contributed by atoms with Crippen LogP contribution in [0.3, 0.4) is 0 Å². The van der Waals surface area contributed by atoms with Gasteiger partial charge in [-0.05, 0) is 24.3 Å². The zero-order valence-electron chi connectivity index (χ0n) is 15.4. The van der Waals surface area contributed by atoms with Crippen LogP contribution in [0, 0.1) is 0 Å². The van der Waals surface area contributed by atoms with Gasteiger partial charge in [-0.15, -0.1) is 0 Å². The topological polar surface area (TPSA) is 66.0 Å². The van der Waals surface area contributed by atoms with Crippen LogP contribution in [0.15, 0.2) is 42.5 Å². The monoisotopic (exact) mass is 357 g/mol. The first-order valence-electron chi connectivity index (χ1n) is 8.01. The van der Waals surface area contributed by atoms with Crippen LogP contribution in [-0.2, 0) is 11.3 Å². The van der Waals surface area contributed by atoms with E-state index in [0.717, 1.165) is 11.1 Å². The van der Waals surface area contributed by atoms with E-state index in [9.17, 15) is 4.79 Å². The predicted octanol–water partition coefficient (Wildman–Crippen LogP) is 3.05. The molecule has 0 aromatic heterocycles. The Balaban J connectivity index is 2.09. The van der Waals surface area contributed by atoms with Crippen LogP contribution in [0.2, 0.25) is 0 Å². The smallest absolute Gasteiger partial charge is 0.244 e.